The van der Waals surface area contributed by atoms with Crippen LogP contribution in [-0.2, 0) is 14.8 Å². The number of sulfonamides is 1. The highest BCUT2D eigenvalue weighted by molar-refractivity contribution is 7.92. The summed E-state index contributed by atoms with van der Waals surface area (Å²) in [5, 5.41) is 0. The van der Waals surface area contributed by atoms with Crippen LogP contribution >= 0.6 is 0 Å². The van der Waals surface area contributed by atoms with E-state index in [1.807, 2.05) is 51.1 Å². The lowest BCUT2D eigenvalue weighted by atomic mass is 10.1. The summed E-state index contributed by atoms with van der Waals surface area (Å²) in [6, 6.07) is 14.1. The van der Waals surface area contributed by atoms with Crippen molar-refractivity contribution in [3.63, 3.8) is 0 Å². The van der Waals surface area contributed by atoms with Crippen molar-refractivity contribution in [3.8, 4) is 0 Å². The van der Waals surface area contributed by atoms with Gasteiger partial charge in [-0.15, -0.1) is 0 Å². The van der Waals surface area contributed by atoms with Crippen molar-refractivity contribution < 1.29 is 13.2 Å². The monoisotopic (exact) mass is 455 g/mol. The van der Waals surface area contributed by atoms with Crippen molar-refractivity contribution in [1.82, 2.24) is 9.80 Å². The molecule has 1 saturated heterocycles. The number of piperazine rings is 1. The fraction of sp³-hybridized carbons (Fsp3) is 0.400. The number of benzene rings is 2. The van der Waals surface area contributed by atoms with Crippen LogP contribution in [0.4, 0.5) is 5.69 Å². The molecule has 0 unspecified atom stereocenters. The highest BCUT2D eigenvalue weighted by Gasteiger charge is 2.28. The number of rotatable bonds is 7. The van der Waals surface area contributed by atoms with Gasteiger partial charge in [-0.1, -0.05) is 60.2 Å². The summed E-state index contributed by atoms with van der Waals surface area (Å²) in [6.07, 6.45) is 5.41. The zero-order chi connectivity index (χ0) is 23.3. The lowest BCUT2D eigenvalue weighted by molar-refractivity contribution is -0.131. The zero-order valence-electron chi connectivity index (χ0n) is 19.4. The summed E-state index contributed by atoms with van der Waals surface area (Å²) < 4.78 is 26.4. The molecule has 0 atom stereocenters. The van der Waals surface area contributed by atoms with E-state index >= 15 is 0 Å². The van der Waals surface area contributed by atoms with E-state index in [-0.39, 0.29) is 12.5 Å². The first-order valence-corrected chi connectivity index (χ1v) is 12.8. The fourth-order valence-corrected chi connectivity index (χ4v) is 5.20. The molecule has 172 valence electrons. The molecule has 0 N–H and O–H groups in total. The number of carbonyl (C=O) groups is 1. The van der Waals surface area contributed by atoms with Crippen molar-refractivity contribution >= 4 is 27.7 Å². The Morgan fingerprint density at radius 2 is 1.59 bits per heavy atom. The molecule has 6 nitrogen and oxygen atoms in total. The summed E-state index contributed by atoms with van der Waals surface area (Å²) in [7, 11) is -3.59. The van der Waals surface area contributed by atoms with Crippen LogP contribution in [0.5, 0.6) is 0 Å². The number of nitrogens with zero attached hydrogens (tertiary/aromatic N) is 3. The molecule has 0 saturated carbocycles. The summed E-state index contributed by atoms with van der Waals surface area (Å²) in [5.41, 5.74) is 4.56. The third-order valence-corrected chi connectivity index (χ3v) is 6.87. The first-order chi connectivity index (χ1) is 15.1. The van der Waals surface area contributed by atoms with Gasteiger partial charge in [0.15, 0.2) is 0 Å². The van der Waals surface area contributed by atoms with Crippen LogP contribution in [0.1, 0.15) is 22.3 Å². The average Bonchev–Trinajstić information content (AvgIpc) is 2.73. The minimum atomic E-state index is -3.59. The third kappa shape index (κ3) is 6.20. The van der Waals surface area contributed by atoms with Crippen LogP contribution in [0.25, 0.3) is 6.08 Å². The van der Waals surface area contributed by atoms with Crippen LogP contribution in [0.2, 0.25) is 0 Å². The van der Waals surface area contributed by atoms with Crippen molar-refractivity contribution in [1.29, 1.82) is 0 Å². The van der Waals surface area contributed by atoms with Gasteiger partial charge in [0.25, 0.3) is 0 Å². The average molecular weight is 456 g/mol. The lowest BCUT2D eigenvalue weighted by Gasteiger charge is -2.35. The number of hydrogen-bond acceptors (Lipinski definition) is 4. The van der Waals surface area contributed by atoms with Gasteiger partial charge in [0.2, 0.25) is 15.9 Å². The van der Waals surface area contributed by atoms with E-state index in [9.17, 15) is 13.2 Å². The lowest BCUT2D eigenvalue weighted by Crippen LogP contribution is -2.51. The normalized spacial score (nSPS) is 15.3. The largest absolute Gasteiger partial charge is 0.339 e. The second kappa shape index (κ2) is 10.3. The van der Waals surface area contributed by atoms with Crippen LogP contribution < -0.4 is 4.31 Å². The fourth-order valence-electron chi connectivity index (χ4n) is 4.23. The molecule has 1 fully saturated rings. The highest BCUT2D eigenvalue weighted by atomic mass is 32.2. The predicted molar refractivity (Wildman–Crippen MR) is 131 cm³/mol. The van der Waals surface area contributed by atoms with E-state index in [1.165, 1.54) is 9.87 Å². The number of anilines is 1. The topological polar surface area (TPSA) is 60.9 Å². The van der Waals surface area contributed by atoms with E-state index in [4.69, 9.17) is 0 Å². The van der Waals surface area contributed by atoms with E-state index in [0.29, 0.717) is 18.8 Å². The van der Waals surface area contributed by atoms with Gasteiger partial charge < -0.3 is 4.90 Å². The smallest absolute Gasteiger partial charge is 0.243 e. The van der Waals surface area contributed by atoms with Crippen molar-refractivity contribution in [2.45, 2.75) is 20.8 Å². The van der Waals surface area contributed by atoms with Crippen LogP contribution in [0, 0.1) is 20.8 Å². The number of amides is 1. The Hall–Kier alpha value is -2.64. The number of carbonyl (C=O) groups excluding carboxylic acids is 1. The van der Waals surface area contributed by atoms with Gasteiger partial charge in [-0.3, -0.25) is 14.0 Å². The van der Waals surface area contributed by atoms with Crippen molar-refractivity contribution in [3.05, 3.63) is 70.8 Å². The quantitative estimate of drug-likeness (QED) is 0.643. The molecule has 7 heteroatoms. The molecule has 1 aliphatic heterocycles. The maximum atomic E-state index is 13.0. The van der Waals surface area contributed by atoms with E-state index in [1.54, 1.807) is 4.90 Å². The molecule has 0 radical (unpaired) electrons. The van der Waals surface area contributed by atoms with Gasteiger partial charge in [-0.2, -0.15) is 0 Å². The standard InChI is InChI=1S/C25H33N3O3S/c1-20-17-21(2)25(22(3)18-20)28(32(4,30)31)19-24(29)27-15-13-26(14-16-27)12-8-11-23-9-6-5-7-10-23/h5-11,17-18H,12-16,19H2,1-4H3/b11-8+. The molecule has 0 spiro atoms. The van der Waals surface area contributed by atoms with Gasteiger partial charge in [0.05, 0.1) is 11.9 Å². The van der Waals surface area contributed by atoms with Crippen LogP contribution in [0.15, 0.2) is 48.5 Å². The molecule has 3 rings (SSSR count). The maximum absolute atomic E-state index is 13.0. The van der Waals surface area contributed by atoms with Gasteiger partial charge in [0.1, 0.15) is 6.54 Å². The van der Waals surface area contributed by atoms with Crippen molar-refractivity contribution in [2.24, 2.45) is 0 Å². The third-order valence-electron chi connectivity index (χ3n) is 5.76. The van der Waals surface area contributed by atoms with Crippen LogP contribution in [0.3, 0.4) is 0 Å². The Labute approximate surface area is 192 Å². The Morgan fingerprint density at radius 3 is 2.16 bits per heavy atom. The first kappa shape index (κ1) is 24.0. The Bertz CT molecular complexity index is 1050. The molecule has 0 aromatic heterocycles. The Kier molecular flexibility index (Phi) is 7.74. The van der Waals surface area contributed by atoms with Crippen molar-refractivity contribution in [2.75, 3.05) is 49.8 Å². The van der Waals surface area contributed by atoms with Crippen LogP contribution in [-0.4, -0.2) is 69.6 Å². The molecule has 1 heterocycles. The highest BCUT2D eigenvalue weighted by Crippen LogP contribution is 2.28. The zero-order valence-corrected chi connectivity index (χ0v) is 20.2. The molecule has 2 aromatic rings. The minimum Gasteiger partial charge on any atom is -0.339 e. The second-order valence-corrected chi connectivity index (χ2v) is 10.4. The molecular formula is C25H33N3O3S. The Balaban J connectivity index is 1.61. The predicted octanol–water partition coefficient (Wildman–Crippen LogP) is 3.24. The molecule has 1 aliphatic rings. The summed E-state index contributed by atoms with van der Waals surface area (Å²) >= 11 is 0. The molecule has 0 aliphatic carbocycles. The molecule has 0 bridgehead atoms. The SMILES string of the molecule is Cc1cc(C)c(N(CC(=O)N2CCN(C/C=C/c3ccccc3)CC2)S(C)(=O)=O)c(C)c1. The molecule has 2 aromatic carbocycles. The van der Waals surface area contributed by atoms with E-state index in [2.05, 4.69) is 29.2 Å². The van der Waals surface area contributed by atoms with Gasteiger partial charge in [0, 0.05) is 32.7 Å². The molecule has 1 amide bonds. The second-order valence-electron chi connectivity index (χ2n) is 8.51. The molecule has 32 heavy (non-hydrogen) atoms. The number of hydrogen-bond donors (Lipinski definition) is 0. The van der Waals surface area contributed by atoms with Gasteiger partial charge >= 0.3 is 0 Å². The minimum absolute atomic E-state index is 0.158. The Morgan fingerprint density at radius 1 is 1.00 bits per heavy atom. The molecular weight excluding hydrogens is 422 g/mol. The maximum Gasteiger partial charge on any atom is 0.243 e. The van der Waals surface area contributed by atoms with E-state index in [0.717, 1.165) is 42.6 Å². The van der Waals surface area contributed by atoms with Gasteiger partial charge in [-0.25, -0.2) is 8.42 Å². The number of aryl methyl sites for hydroxylation is 3. The summed E-state index contributed by atoms with van der Waals surface area (Å²) in [6.45, 7) is 9.15. The summed E-state index contributed by atoms with van der Waals surface area (Å²) in [5.74, 6) is -0.158. The van der Waals surface area contributed by atoms with E-state index < -0.39 is 10.0 Å². The summed E-state index contributed by atoms with van der Waals surface area (Å²) in [4.78, 5) is 17.1. The first-order valence-electron chi connectivity index (χ1n) is 10.9. The van der Waals surface area contributed by atoms with Gasteiger partial charge in [-0.05, 0) is 37.5 Å².